The molecule has 1 rings (SSSR count). The maximum atomic E-state index is 11.4. The Bertz CT molecular complexity index is 205. The highest BCUT2D eigenvalue weighted by atomic mass is 35.5. The van der Waals surface area contributed by atoms with Crippen molar-refractivity contribution in [1.82, 2.24) is 5.32 Å². The van der Waals surface area contributed by atoms with Crippen molar-refractivity contribution in [2.45, 2.75) is 24.0 Å². The van der Waals surface area contributed by atoms with Crippen molar-refractivity contribution in [3.8, 4) is 0 Å². The van der Waals surface area contributed by atoms with E-state index < -0.39 is 10.2 Å². The fourth-order valence-electron chi connectivity index (χ4n) is 0.991. The van der Waals surface area contributed by atoms with Crippen LogP contribution >= 0.6 is 23.2 Å². The Morgan fingerprint density at radius 2 is 2.07 bits per heavy atom. The van der Waals surface area contributed by atoms with Gasteiger partial charge in [-0.15, -0.1) is 0 Å². The van der Waals surface area contributed by atoms with Crippen LogP contribution in [0.25, 0.3) is 0 Å². The number of nitrogens with one attached hydrogen (secondary N) is 1. The molecule has 0 radical (unpaired) electrons. The van der Waals surface area contributed by atoms with Crippen molar-refractivity contribution in [1.29, 1.82) is 0 Å². The number of alkyl halides is 2. The average Bonchev–Trinajstić information content (AvgIpc) is 2.66. The highest BCUT2D eigenvalue weighted by molar-refractivity contribution is 6.58. The zero-order valence-corrected chi connectivity index (χ0v) is 9.40. The van der Waals surface area contributed by atoms with Gasteiger partial charge in [0.2, 0.25) is 0 Å². The average molecular weight is 242 g/mol. The molecule has 4 nitrogen and oxygen atoms in total. The molecule has 0 atom stereocenters. The number of halogens is 2. The van der Waals surface area contributed by atoms with Gasteiger partial charge < -0.3 is 14.8 Å². The quantitative estimate of drug-likeness (QED) is 0.750. The van der Waals surface area contributed by atoms with Crippen LogP contribution in [0.5, 0.6) is 0 Å². The largest absolute Gasteiger partial charge is 0.348 e. The molecule has 1 aliphatic heterocycles. The summed E-state index contributed by atoms with van der Waals surface area (Å²) in [5.41, 5.74) is 0. The molecule has 0 bridgehead atoms. The molecule has 0 aromatic heterocycles. The molecule has 1 fully saturated rings. The van der Waals surface area contributed by atoms with E-state index in [9.17, 15) is 4.79 Å². The number of amides is 1. The van der Waals surface area contributed by atoms with Crippen LogP contribution in [-0.2, 0) is 14.3 Å². The number of hydrogen-bond acceptors (Lipinski definition) is 3. The highest BCUT2D eigenvalue weighted by Gasteiger charge is 2.32. The normalized spacial score (nSPS) is 18.5. The van der Waals surface area contributed by atoms with Crippen molar-refractivity contribution in [3.63, 3.8) is 0 Å². The summed E-state index contributed by atoms with van der Waals surface area (Å²) < 4.78 is 8.89. The summed E-state index contributed by atoms with van der Waals surface area (Å²) in [5, 5.41) is 2.56. The first-order chi connectivity index (χ1) is 6.56. The summed E-state index contributed by atoms with van der Waals surface area (Å²) in [6, 6.07) is 0. The summed E-state index contributed by atoms with van der Waals surface area (Å²) in [7, 11) is 0. The molecule has 0 aliphatic carbocycles. The molecule has 0 aromatic rings. The van der Waals surface area contributed by atoms with E-state index in [-0.39, 0.29) is 12.8 Å². The Morgan fingerprint density at radius 1 is 1.50 bits per heavy atom. The standard InChI is InChI=1S/C8H13Cl2NO3/c1-2-8(9,10)7(12)11-5-6-13-3-4-14-6/h6H,2-5H2,1H3,(H,11,12). The summed E-state index contributed by atoms with van der Waals surface area (Å²) in [4.78, 5) is 11.4. The van der Waals surface area contributed by atoms with Crippen molar-refractivity contribution in [2.24, 2.45) is 0 Å². The van der Waals surface area contributed by atoms with Gasteiger partial charge in [-0.3, -0.25) is 4.79 Å². The van der Waals surface area contributed by atoms with E-state index in [1.807, 2.05) is 0 Å². The van der Waals surface area contributed by atoms with Gasteiger partial charge in [-0.05, 0) is 6.42 Å². The molecular formula is C8H13Cl2NO3. The van der Waals surface area contributed by atoms with Crippen LogP contribution < -0.4 is 5.32 Å². The first-order valence-corrected chi connectivity index (χ1v) is 5.21. The predicted octanol–water partition coefficient (Wildman–Crippen LogP) is 1.06. The Balaban J connectivity index is 2.26. The lowest BCUT2D eigenvalue weighted by Crippen LogP contribution is -2.41. The van der Waals surface area contributed by atoms with E-state index in [1.165, 1.54) is 0 Å². The van der Waals surface area contributed by atoms with E-state index >= 15 is 0 Å². The van der Waals surface area contributed by atoms with Gasteiger partial charge in [-0.25, -0.2) is 0 Å². The molecule has 82 valence electrons. The minimum Gasteiger partial charge on any atom is -0.348 e. The van der Waals surface area contributed by atoms with Gasteiger partial charge in [0.1, 0.15) is 0 Å². The molecule has 0 saturated carbocycles. The number of hydrogen-bond donors (Lipinski definition) is 1. The van der Waals surface area contributed by atoms with Gasteiger partial charge in [-0.2, -0.15) is 0 Å². The first-order valence-electron chi connectivity index (χ1n) is 4.45. The third-order valence-electron chi connectivity index (χ3n) is 1.90. The van der Waals surface area contributed by atoms with Crippen LogP contribution in [-0.4, -0.2) is 36.3 Å². The van der Waals surface area contributed by atoms with E-state index in [2.05, 4.69) is 5.32 Å². The lowest BCUT2D eigenvalue weighted by atomic mass is 10.3. The minimum absolute atomic E-state index is 0.278. The smallest absolute Gasteiger partial charge is 0.256 e. The minimum atomic E-state index is -1.36. The number of carbonyl (C=O) groups is 1. The maximum absolute atomic E-state index is 11.4. The molecule has 0 spiro atoms. The second kappa shape index (κ2) is 5.16. The molecule has 0 unspecified atom stereocenters. The second-order valence-electron chi connectivity index (χ2n) is 2.94. The fourth-order valence-corrected chi connectivity index (χ4v) is 1.12. The Hall–Kier alpha value is -0.0300. The van der Waals surface area contributed by atoms with Crippen LogP contribution in [0.3, 0.4) is 0 Å². The summed E-state index contributed by atoms with van der Waals surface area (Å²) in [5.74, 6) is -0.414. The van der Waals surface area contributed by atoms with E-state index in [0.29, 0.717) is 19.6 Å². The lowest BCUT2D eigenvalue weighted by Gasteiger charge is -2.18. The Morgan fingerprint density at radius 3 is 2.57 bits per heavy atom. The molecule has 6 heteroatoms. The topological polar surface area (TPSA) is 47.6 Å². The van der Waals surface area contributed by atoms with Crippen molar-refractivity contribution in [2.75, 3.05) is 19.8 Å². The second-order valence-corrected chi connectivity index (χ2v) is 4.42. The Kier molecular flexibility index (Phi) is 4.44. The highest BCUT2D eigenvalue weighted by Crippen LogP contribution is 2.24. The Labute approximate surface area is 92.8 Å². The maximum Gasteiger partial charge on any atom is 0.256 e. The van der Waals surface area contributed by atoms with Crippen LogP contribution in [0, 0.1) is 0 Å². The van der Waals surface area contributed by atoms with Gasteiger partial charge in [-0.1, -0.05) is 30.1 Å². The molecule has 1 saturated heterocycles. The molecule has 1 amide bonds. The van der Waals surface area contributed by atoms with E-state index in [1.54, 1.807) is 6.92 Å². The predicted molar refractivity (Wildman–Crippen MR) is 53.4 cm³/mol. The number of carbonyl (C=O) groups excluding carboxylic acids is 1. The van der Waals surface area contributed by atoms with Gasteiger partial charge in [0, 0.05) is 0 Å². The lowest BCUT2D eigenvalue weighted by molar-refractivity contribution is -0.124. The van der Waals surface area contributed by atoms with Crippen molar-refractivity contribution < 1.29 is 14.3 Å². The monoisotopic (exact) mass is 241 g/mol. The third-order valence-corrected chi connectivity index (χ3v) is 2.77. The van der Waals surface area contributed by atoms with Crippen molar-refractivity contribution in [3.05, 3.63) is 0 Å². The molecular weight excluding hydrogens is 229 g/mol. The van der Waals surface area contributed by atoms with Crippen LogP contribution in [0.4, 0.5) is 0 Å². The van der Waals surface area contributed by atoms with E-state index in [4.69, 9.17) is 32.7 Å². The molecule has 1 N–H and O–H groups in total. The SMILES string of the molecule is CCC(Cl)(Cl)C(=O)NCC1OCCO1. The van der Waals surface area contributed by atoms with Gasteiger partial charge in [0.25, 0.3) is 5.91 Å². The van der Waals surface area contributed by atoms with E-state index in [0.717, 1.165) is 0 Å². The van der Waals surface area contributed by atoms with Crippen LogP contribution in [0.2, 0.25) is 0 Å². The molecule has 0 aromatic carbocycles. The van der Waals surface area contributed by atoms with Gasteiger partial charge in [0.15, 0.2) is 10.6 Å². The first kappa shape index (κ1) is 12.0. The van der Waals surface area contributed by atoms with Crippen molar-refractivity contribution >= 4 is 29.1 Å². The van der Waals surface area contributed by atoms with Crippen LogP contribution in [0.15, 0.2) is 0 Å². The third kappa shape index (κ3) is 3.28. The van der Waals surface area contributed by atoms with Gasteiger partial charge >= 0.3 is 0 Å². The molecule has 14 heavy (non-hydrogen) atoms. The summed E-state index contributed by atoms with van der Waals surface area (Å²) in [6.45, 7) is 3.13. The fraction of sp³-hybridized carbons (Fsp3) is 0.875. The molecule has 1 heterocycles. The number of rotatable bonds is 4. The molecule has 1 aliphatic rings. The van der Waals surface area contributed by atoms with Gasteiger partial charge in [0.05, 0.1) is 19.8 Å². The summed E-state index contributed by atoms with van der Waals surface area (Å²) >= 11 is 11.5. The zero-order valence-electron chi connectivity index (χ0n) is 7.89. The van der Waals surface area contributed by atoms with Crippen LogP contribution in [0.1, 0.15) is 13.3 Å². The number of ether oxygens (including phenoxy) is 2. The summed E-state index contributed by atoms with van der Waals surface area (Å²) in [6.07, 6.45) is -0.0196. The zero-order chi connectivity index (χ0) is 10.6.